The zero-order valence-electron chi connectivity index (χ0n) is 7.47. The fraction of sp³-hybridized carbons (Fsp3) is 0.333. The average Bonchev–Trinajstić information content (AvgIpc) is 2.12. The van der Waals surface area contributed by atoms with Gasteiger partial charge in [-0.2, -0.15) is 0 Å². The Hall–Kier alpha value is -0.350. The molecule has 2 atom stereocenters. The maximum absolute atomic E-state index is 13.5. The lowest BCUT2D eigenvalue weighted by Crippen LogP contribution is -2.24. The van der Waals surface area contributed by atoms with Gasteiger partial charge in [-0.05, 0) is 19.1 Å². The molecule has 0 heterocycles. The molecule has 0 saturated heterocycles. The highest BCUT2D eigenvalue weighted by Crippen LogP contribution is 2.30. The lowest BCUT2D eigenvalue weighted by Gasteiger charge is -2.17. The molecule has 0 aliphatic heterocycles. The summed E-state index contributed by atoms with van der Waals surface area (Å²) in [5, 5.41) is 9.33. The molecule has 14 heavy (non-hydrogen) atoms. The van der Waals surface area contributed by atoms with Crippen molar-refractivity contribution in [1.29, 1.82) is 0 Å². The van der Waals surface area contributed by atoms with Gasteiger partial charge in [0.25, 0.3) is 0 Å². The predicted molar refractivity (Wildman–Crippen MR) is 55.0 cm³/mol. The molecule has 0 aromatic heterocycles. The van der Waals surface area contributed by atoms with E-state index in [1.165, 1.54) is 19.1 Å². The van der Waals surface area contributed by atoms with Gasteiger partial charge < -0.3 is 10.8 Å². The summed E-state index contributed by atoms with van der Waals surface area (Å²) in [5.74, 6) is -0.674. The molecule has 0 fully saturated rings. The highest BCUT2D eigenvalue weighted by atomic mass is 35.5. The zero-order chi connectivity index (χ0) is 10.9. The van der Waals surface area contributed by atoms with Crippen molar-refractivity contribution >= 4 is 23.2 Å². The molecule has 0 radical (unpaired) electrons. The van der Waals surface area contributed by atoms with E-state index in [-0.39, 0.29) is 15.6 Å². The number of rotatable bonds is 2. The molecule has 1 unspecified atom stereocenters. The Morgan fingerprint density at radius 1 is 1.36 bits per heavy atom. The van der Waals surface area contributed by atoms with E-state index in [9.17, 15) is 9.50 Å². The van der Waals surface area contributed by atoms with Gasteiger partial charge in [0.2, 0.25) is 0 Å². The first-order valence-electron chi connectivity index (χ1n) is 4.02. The van der Waals surface area contributed by atoms with Crippen LogP contribution in [0.25, 0.3) is 0 Å². The number of nitrogens with two attached hydrogens (primary N) is 1. The van der Waals surface area contributed by atoms with Crippen LogP contribution in [0.3, 0.4) is 0 Å². The van der Waals surface area contributed by atoms with Crippen LogP contribution in [0.15, 0.2) is 12.1 Å². The van der Waals surface area contributed by atoms with E-state index >= 15 is 0 Å². The van der Waals surface area contributed by atoms with Gasteiger partial charge in [-0.15, -0.1) is 0 Å². The molecule has 1 rings (SSSR count). The van der Waals surface area contributed by atoms with Gasteiger partial charge in [0.1, 0.15) is 5.82 Å². The second kappa shape index (κ2) is 4.45. The Morgan fingerprint density at radius 2 is 1.86 bits per heavy atom. The Kier molecular flexibility index (Phi) is 3.72. The number of aliphatic hydroxyl groups is 1. The van der Waals surface area contributed by atoms with Crippen LogP contribution in [0, 0.1) is 5.82 Å². The lowest BCUT2D eigenvalue weighted by molar-refractivity contribution is 0.162. The fourth-order valence-corrected chi connectivity index (χ4v) is 1.53. The summed E-state index contributed by atoms with van der Waals surface area (Å²) in [6, 6.07) is 1.92. The van der Waals surface area contributed by atoms with Gasteiger partial charge in [0.05, 0.1) is 17.2 Å². The molecule has 0 spiro atoms. The lowest BCUT2D eigenvalue weighted by atomic mass is 10.0. The molecule has 1 aromatic rings. The molecule has 2 nitrogen and oxygen atoms in total. The van der Waals surface area contributed by atoms with Crippen LogP contribution in [-0.2, 0) is 0 Å². The van der Waals surface area contributed by atoms with Gasteiger partial charge in [-0.25, -0.2) is 4.39 Å². The molecule has 3 N–H and O–H groups in total. The van der Waals surface area contributed by atoms with Gasteiger partial charge in [-0.3, -0.25) is 0 Å². The molecular weight excluding hydrogens is 228 g/mol. The van der Waals surface area contributed by atoms with Crippen molar-refractivity contribution in [2.24, 2.45) is 5.73 Å². The van der Waals surface area contributed by atoms with Crippen LogP contribution in [0.2, 0.25) is 10.0 Å². The largest absolute Gasteiger partial charge is 0.391 e. The summed E-state index contributed by atoms with van der Waals surface area (Å²) in [7, 11) is 0. The van der Waals surface area contributed by atoms with E-state index in [2.05, 4.69) is 0 Å². The van der Waals surface area contributed by atoms with Crippen LogP contribution in [0.4, 0.5) is 4.39 Å². The molecule has 5 heteroatoms. The second-order valence-corrected chi connectivity index (χ2v) is 3.84. The molecule has 0 bridgehead atoms. The van der Waals surface area contributed by atoms with E-state index in [1.54, 1.807) is 0 Å². The van der Waals surface area contributed by atoms with Crippen molar-refractivity contribution < 1.29 is 9.50 Å². The summed E-state index contributed by atoms with van der Waals surface area (Å²) in [6.45, 7) is 1.46. The van der Waals surface area contributed by atoms with Crippen molar-refractivity contribution in [3.05, 3.63) is 33.6 Å². The number of hydrogen-bond acceptors (Lipinski definition) is 2. The normalized spacial score (nSPS) is 15.3. The highest BCUT2D eigenvalue weighted by molar-refractivity contribution is 6.33. The minimum absolute atomic E-state index is 0.0502. The van der Waals surface area contributed by atoms with Crippen LogP contribution in [0.1, 0.15) is 18.5 Å². The Labute approximate surface area is 91.4 Å². The maximum Gasteiger partial charge on any atom is 0.148 e. The van der Waals surface area contributed by atoms with E-state index in [0.717, 1.165) is 0 Å². The average molecular weight is 238 g/mol. The van der Waals surface area contributed by atoms with E-state index in [1.807, 2.05) is 0 Å². The number of hydrogen-bond donors (Lipinski definition) is 2. The molecular formula is C9H10Cl2FNO. The van der Waals surface area contributed by atoms with Crippen LogP contribution < -0.4 is 5.73 Å². The summed E-state index contributed by atoms with van der Waals surface area (Å²) in [4.78, 5) is 0. The van der Waals surface area contributed by atoms with Crippen molar-refractivity contribution in [1.82, 2.24) is 0 Å². The van der Waals surface area contributed by atoms with Crippen molar-refractivity contribution in [3.63, 3.8) is 0 Å². The molecule has 1 aromatic carbocycles. The monoisotopic (exact) mass is 237 g/mol. The summed E-state index contributed by atoms with van der Waals surface area (Å²) in [6.07, 6.45) is -0.888. The number of halogens is 3. The fourth-order valence-electron chi connectivity index (χ4n) is 1.09. The molecule has 0 aliphatic rings. The van der Waals surface area contributed by atoms with Crippen LogP contribution in [0.5, 0.6) is 0 Å². The number of aliphatic hydroxyl groups excluding tert-OH is 1. The third-order valence-corrected chi connectivity index (χ3v) is 2.55. The maximum atomic E-state index is 13.5. The van der Waals surface area contributed by atoms with Crippen molar-refractivity contribution in [2.45, 2.75) is 19.1 Å². The Morgan fingerprint density at radius 3 is 2.36 bits per heavy atom. The topological polar surface area (TPSA) is 46.2 Å². The van der Waals surface area contributed by atoms with E-state index in [0.29, 0.717) is 0 Å². The Balaban J connectivity index is 3.25. The Bertz CT molecular complexity index is 344. The standard InChI is InChI=1S/C9H10Cl2FNO/c1-4(14)9(13)7-5(10)2-3-6(11)8(7)12/h2-4,9,14H,13H2,1H3/t4?,9-/m1/s1. The minimum Gasteiger partial charge on any atom is -0.391 e. The van der Waals surface area contributed by atoms with E-state index in [4.69, 9.17) is 28.9 Å². The van der Waals surface area contributed by atoms with Gasteiger partial charge in [-0.1, -0.05) is 23.2 Å². The second-order valence-electron chi connectivity index (χ2n) is 3.02. The number of benzene rings is 1. The smallest absolute Gasteiger partial charge is 0.148 e. The summed E-state index contributed by atoms with van der Waals surface area (Å²) >= 11 is 11.3. The minimum atomic E-state index is -0.888. The third-order valence-electron chi connectivity index (χ3n) is 1.93. The first-order valence-corrected chi connectivity index (χ1v) is 4.77. The molecule has 0 amide bonds. The summed E-state index contributed by atoms with van der Waals surface area (Å²) < 4.78 is 13.5. The van der Waals surface area contributed by atoms with Gasteiger partial charge in [0, 0.05) is 10.6 Å². The van der Waals surface area contributed by atoms with Gasteiger partial charge in [0.15, 0.2) is 0 Å². The van der Waals surface area contributed by atoms with Gasteiger partial charge >= 0.3 is 0 Å². The first kappa shape index (κ1) is 11.7. The zero-order valence-corrected chi connectivity index (χ0v) is 8.98. The molecule has 0 aliphatic carbocycles. The SMILES string of the molecule is CC(O)[C@@H](N)c1c(Cl)ccc(Cl)c1F. The van der Waals surface area contributed by atoms with Crippen LogP contribution >= 0.6 is 23.2 Å². The quantitative estimate of drug-likeness (QED) is 0.777. The van der Waals surface area contributed by atoms with Crippen molar-refractivity contribution in [3.8, 4) is 0 Å². The molecule has 0 saturated carbocycles. The highest BCUT2D eigenvalue weighted by Gasteiger charge is 2.21. The first-order chi connectivity index (χ1) is 6.45. The van der Waals surface area contributed by atoms with Crippen LogP contribution in [-0.4, -0.2) is 11.2 Å². The predicted octanol–water partition coefficient (Wildman–Crippen LogP) is 2.51. The summed E-state index contributed by atoms with van der Waals surface area (Å²) in [5.41, 5.74) is 5.63. The van der Waals surface area contributed by atoms with Crippen molar-refractivity contribution in [2.75, 3.05) is 0 Å². The molecule has 78 valence electrons. The third kappa shape index (κ3) is 2.17. The van der Waals surface area contributed by atoms with E-state index < -0.39 is 18.0 Å².